The van der Waals surface area contributed by atoms with Gasteiger partial charge in [0, 0.05) is 34.8 Å². The number of aromatic hydroxyl groups is 1. The van der Waals surface area contributed by atoms with Gasteiger partial charge in [-0.25, -0.2) is 4.39 Å². The largest absolute Gasteiger partial charge is 0.505 e. The number of carbonyl (C=O) groups is 4. The van der Waals surface area contributed by atoms with Gasteiger partial charge in [-0.1, -0.05) is 17.7 Å². The van der Waals surface area contributed by atoms with E-state index in [1.54, 1.807) is 6.08 Å². The number of halogens is 1. The van der Waals surface area contributed by atoms with E-state index in [9.17, 15) is 38.8 Å². The lowest BCUT2D eigenvalue weighted by Crippen LogP contribution is -2.39. The molecule has 196 valence electrons. The van der Waals surface area contributed by atoms with E-state index >= 15 is 0 Å². The molecule has 2 aromatic carbocycles. The summed E-state index contributed by atoms with van der Waals surface area (Å²) in [6, 6.07) is 8.92. The molecule has 4 aliphatic rings. The highest BCUT2D eigenvalue weighted by atomic mass is 19.1. The number of hydrogen-bond acceptors (Lipinski definition) is 7. The zero-order chi connectivity index (χ0) is 27.7. The molecule has 39 heavy (non-hydrogen) atoms. The smallest absolute Gasteiger partial charge is 0.269 e. The summed E-state index contributed by atoms with van der Waals surface area (Å²) in [7, 11) is 0. The number of non-ortho nitro benzene ring substituents is 1. The molecule has 3 aliphatic carbocycles. The molecule has 2 aromatic rings. The number of imide groups is 1. The standard InChI is InChI=1S/C29H21FN2O7/c1-13-10-23(34)20-12-19-17(24(26(20)27(13)35)14-2-9-22(33)21(30)11-14)7-8-18-25(19)29(37)31(28(18)36)15-3-5-16(6-4-15)32(38)39/h2-7,9-11,18-19,24-25,33H,8,12H2,1H3. The first-order valence-corrected chi connectivity index (χ1v) is 12.4. The molecule has 0 spiro atoms. The van der Waals surface area contributed by atoms with Crippen LogP contribution in [0.25, 0.3) is 0 Å². The number of ketones is 2. The van der Waals surface area contributed by atoms with Crippen LogP contribution in [0.4, 0.5) is 15.8 Å². The van der Waals surface area contributed by atoms with Gasteiger partial charge in [-0.15, -0.1) is 0 Å². The van der Waals surface area contributed by atoms with E-state index in [2.05, 4.69) is 0 Å². The number of Topliss-reactive ketones (excluding diaryl/α,β-unsaturated/α-hetero) is 1. The summed E-state index contributed by atoms with van der Waals surface area (Å²) in [5.74, 6) is -6.06. The number of allylic oxidation sites excluding steroid dienone is 6. The van der Waals surface area contributed by atoms with Gasteiger partial charge in [0.25, 0.3) is 5.69 Å². The second-order valence-electron chi connectivity index (χ2n) is 10.2. The van der Waals surface area contributed by atoms with Crippen LogP contribution in [-0.2, 0) is 19.2 Å². The Bertz CT molecular complexity index is 1620. The summed E-state index contributed by atoms with van der Waals surface area (Å²) >= 11 is 0. The average Bonchev–Trinajstić information content (AvgIpc) is 3.17. The fourth-order valence-corrected chi connectivity index (χ4v) is 6.42. The minimum Gasteiger partial charge on any atom is -0.505 e. The van der Waals surface area contributed by atoms with Crippen LogP contribution in [0.2, 0.25) is 0 Å². The second kappa shape index (κ2) is 8.65. The topological polar surface area (TPSA) is 135 Å². The van der Waals surface area contributed by atoms with E-state index in [-0.39, 0.29) is 52.5 Å². The van der Waals surface area contributed by atoms with Crippen molar-refractivity contribution in [2.24, 2.45) is 17.8 Å². The summed E-state index contributed by atoms with van der Waals surface area (Å²) in [6.07, 6.45) is 3.33. The van der Waals surface area contributed by atoms with Crippen LogP contribution in [0, 0.1) is 33.7 Å². The van der Waals surface area contributed by atoms with Crippen LogP contribution < -0.4 is 4.90 Å². The van der Waals surface area contributed by atoms with E-state index in [1.807, 2.05) is 0 Å². The lowest BCUT2D eigenvalue weighted by molar-refractivity contribution is -0.384. The van der Waals surface area contributed by atoms with Crippen molar-refractivity contribution in [2.75, 3.05) is 4.90 Å². The highest BCUT2D eigenvalue weighted by Gasteiger charge is 2.56. The summed E-state index contributed by atoms with van der Waals surface area (Å²) < 4.78 is 14.5. The number of benzene rings is 2. The third-order valence-electron chi connectivity index (χ3n) is 8.19. The zero-order valence-corrected chi connectivity index (χ0v) is 20.6. The summed E-state index contributed by atoms with van der Waals surface area (Å²) in [5.41, 5.74) is 1.76. The number of nitro groups is 1. The minimum absolute atomic E-state index is 0.0703. The Labute approximate surface area is 221 Å². The Morgan fingerprint density at radius 2 is 1.74 bits per heavy atom. The molecular formula is C29H21FN2O7. The van der Waals surface area contributed by atoms with Crippen molar-refractivity contribution in [1.82, 2.24) is 0 Å². The second-order valence-corrected chi connectivity index (χ2v) is 10.2. The van der Waals surface area contributed by atoms with Gasteiger partial charge in [-0.2, -0.15) is 0 Å². The normalized spacial score (nSPS) is 26.2. The van der Waals surface area contributed by atoms with Crippen LogP contribution in [0.1, 0.15) is 31.2 Å². The molecule has 1 fully saturated rings. The lowest BCUT2D eigenvalue weighted by atomic mass is 9.59. The number of phenolic OH excluding ortho intramolecular Hbond substituents is 1. The molecule has 6 rings (SSSR count). The number of nitro benzene ring substituents is 1. The van der Waals surface area contributed by atoms with Crippen LogP contribution in [-0.4, -0.2) is 33.4 Å². The van der Waals surface area contributed by atoms with Crippen LogP contribution in [0.3, 0.4) is 0 Å². The summed E-state index contributed by atoms with van der Waals surface area (Å²) in [5, 5.41) is 20.8. The molecule has 0 radical (unpaired) electrons. The Morgan fingerprint density at radius 3 is 2.41 bits per heavy atom. The average molecular weight is 528 g/mol. The van der Waals surface area contributed by atoms with Crippen molar-refractivity contribution >= 4 is 34.8 Å². The van der Waals surface area contributed by atoms with E-state index in [1.165, 1.54) is 49.4 Å². The lowest BCUT2D eigenvalue weighted by Gasteiger charge is -2.42. The molecule has 4 unspecified atom stereocenters. The molecule has 1 N–H and O–H groups in total. The Hall–Kier alpha value is -4.73. The predicted octanol–water partition coefficient (Wildman–Crippen LogP) is 4.07. The van der Waals surface area contributed by atoms with Gasteiger partial charge in [0.15, 0.2) is 23.1 Å². The fourth-order valence-electron chi connectivity index (χ4n) is 6.42. The Morgan fingerprint density at radius 1 is 1.03 bits per heavy atom. The SMILES string of the molecule is CC1=CC(=O)C2=C(C1=O)C(c1ccc(O)c(F)c1)C1=CCC3C(=O)N(c4ccc([N+](=O)[O-])cc4)C(=O)C3C1C2. The first kappa shape index (κ1) is 24.6. The van der Waals surface area contributed by atoms with Crippen molar-refractivity contribution < 1.29 is 33.6 Å². The van der Waals surface area contributed by atoms with E-state index in [4.69, 9.17) is 0 Å². The van der Waals surface area contributed by atoms with Gasteiger partial charge in [0.2, 0.25) is 11.8 Å². The number of hydrogen-bond donors (Lipinski definition) is 1. The highest BCUT2D eigenvalue weighted by Crippen LogP contribution is 2.55. The fraction of sp³-hybridized carbons (Fsp3) is 0.241. The Kier molecular flexibility index (Phi) is 5.46. The maximum absolute atomic E-state index is 14.5. The number of phenols is 1. The molecule has 1 saturated heterocycles. The molecule has 1 heterocycles. The molecule has 10 heteroatoms. The summed E-state index contributed by atoms with van der Waals surface area (Å²) in [4.78, 5) is 65.2. The van der Waals surface area contributed by atoms with Gasteiger partial charge in [-0.3, -0.25) is 34.2 Å². The van der Waals surface area contributed by atoms with Crippen molar-refractivity contribution in [3.8, 4) is 5.75 Å². The van der Waals surface area contributed by atoms with Gasteiger partial charge in [-0.05, 0) is 61.6 Å². The third-order valence-corrected chi connectivity index (χ3v) is 8.19. The van der Waals surface area contributed by atoms with Crippen molar-refractivity contribution in [2.45, 2.75) is 25.7 Å². The molecule has 0 bridgehead atoms. The van der Waals surface area contributed by atoms with Crippen LogP contribution in [0.15, 0.2) is 76.9 Å². The first-order valence-electron chi connectivity index (χ1n) is 12.4. The van der Waals surface area contributed by atoms with Gasteiger partial charge >= 0.3 is 0 Å². The van der Waals surface area contributed by atoms with E-state index in [0.717, 1.165) is 11.0 Å². The Balaban J connectivity index is 1.46. The highest BCUT2D eigenvalue weighted by molar-refractivity contribution is 6.25. The third kappa shape index (κ3) is 3.58. The molecule has 0 saturated carbocycles. The monoisotopic (exact) mass is 528 g/mol. The number of fused-ring (bicyclic) bond motifs is 3. The van der Waals surface area contributed by atoms with Gasteiger partial charge in [0.1, 0.15) is 0 Å². The number of rotatable bonds is 3. The molecular weight excluding hydrogens is 507 g/mol. The maximum atomic E-state index is 14.5. The van der Waals surface area contributed by atoms with Crippen LogP contribution in [0.5, 0.6) is 5.75 Å². The summed E-state index contributed by atoms with van der Waals surface area (Å²) in [6.45, 7) is 1.54. The van der Waals surface area contributed by atoms with Gasteiger partial charge in [0.05, 0.1) is 22.4 Å². The number of carbonyl (C=O) groups excluding carboxylic acids is 4. The first-order chi connectivity index (χ1) is 18.6. The van der Waals surface area contributed by atoms with Crippen molar-refractivity contribution in [1.29, 1.82) is 0 Å². The minimum atomic E-state index is -0.885. The predicted molar refractivity (Wildman–Crippen MR) is 135 cm³/mol. The molecule has 4 atom stereocenters. The van der Waals surface area contributed by atoms with Crippen molar-refractivity contribution in [3.05, 3.63) is 98.4 Å². The number of amides is 2. The molecule has 0 aromatic heterocycles. The molecule has 9 nitrogen and oxygen atoms in total. The zero-order valence-electron chi connectivity index (χ0n) is 20.6. The van der Waals surface area contributed by atoms with E-state index < -0.39 is 52.0 Å². The van der Waals surface area contributed by atoms with Crippen LogP contribution >= 0.6 is 0 Å². The molecule has 1 aliphatic heterocycles. The van der Waals surface area contributed by atoms with E-state index in [0.29, 0.717) is 11.1 Å². The quantitative estimate of drug-likeness (QED) is 0.209. The van der Waals surface area contributed by atoms with Crippen molar-refractivity contribution in [3.63, 3.8) is 0 Å². The number of anilines is 1. The number of nitrogens with zero attached hydrogens (tertiary/aromatic N) is 2. The molecule has 2 amide bonds. The maximum Gasteiger partial charge on any atom is 0.269 e. The van der Waals surface area contributed by atoms with Gasteiger partial charge < -0.3 is 5.11 Å².